The first-order valence-corrected chi connectivity index (χ1v) is 13.3. The van der Waals surface area contributed by atoms with E-state index < -0.39 is 6.04 Å². The van der Waals surface area contributed by atoms with Crippen LogP contribution in [0, 0.1) is 0 Å². The molecule has 1 aliphatic rings. The van der Waals surface area contributed by atoms with Crippen LogP contribution in [0.25, 0.3) is 10.7 Å². The van der Waals surface area contributed by atoms with Gasteiger partial charge in [-0.25, -0.2) is 0 Å². The summed E-state index contributed by atoms with van der Waals surface area (Å²) < 4.78 is 5.30. The van der Waals surface area contributed by atoms with Gasteiger partial charge in [0.05, 0.1) is 4.88 Å². The van der Waals surface area contributed by atoms with Crippen molar-refractivity contribution in [3.63, 3.8) is 0 Å². The van der Waals surface area contributed by atoms with E-state index in [0.29, 0.717) is 31.0 Å². The van der Waals surface area contributed by atoms with Gasteiger partial charge < -0.3 is 20.1 Å². The molecule has 8 nitrogen and oxygen atoms in total. The van der Waals surface area contributed by atoms with Crippen LogP contribution in [0.3, 0.4) is 0 Å². The number of nitrogens with zero attached hydrogens (tertiary/aromatic N) is 3. The van der Waals surface area contributed by atoms with Gasteiger partial charge in [0, 0.05) is 37.3 Å². The second kappa shape index (κ2) is 12.5. The average molecular weight is 496 g/mol. The first-order valence-electron chi connectivity index (χ1n) is 12.4. The van der Waals surface area contributed by atoms with Crippen molar-refractivity contribution in [2.45, 2.75) is 64.3 Å². The summed E-state index contributed by atoms with van der Waals surface area (Å²) >= 11 is 1.55. The number of aryl methyl sites for hydroxylation is 1. The monoisotopic (exact) mass is 495 g/mol. The number of aromatic nitrogens is 2. The highest BCUT2D eigenvalue weighted by Gasteiger charge is 2.21. The van der Waals surface area contributed by atoms with Gasteiger partial charge >= 0.3 is 0 Å². The van der Waals surface area contributed by atoms with Crippen molar-refractivity contribution in [2.75, 3.05) is 23.3 Å². The largest absolute Gasteiger partial charge is 0.371 e. The zero-order valence-corrected chi connectivity index (χ0v) is 21.0. The first kappa shape index (κ1) is 24.9. The van der Waals surface area contributed by atoms with Gasteiger partial charge in [0.15, 0.2) is 0 Å². The molecule has 1 saturated heterocycles. The van der Waals surface area contributed by atoms with Crippen LogP contribution in [0.2, 0.25) is 0 Å². The molecule has 4 rings (SSSR count). The molecule has 0 radical (unpaired) electrons. The molecule has 2 aromatic heterocycles. The number of carbonyl (C=O) groups is 2. The number of carbonyl (C=O) groups excluding carboxylic acids is 2. The maximum Gasteiger partial charge on any atom is 0.246 e. The van der Waals surface area contributed by atoms with E-state index in [-0.39, 0.29) is 18.2 Å². The topological polar surface area (TPSA) is 100 Å². The Morgan fingerprint density at radius 3 is 2.80 bits per heavy atom. The van der Waals surface area contributed by atoms with Gasteiger partial charge in [0.2, 0.25) is 23.5 Å². The zero-order valence-electron chi connectivity index (χ0n) is 20.2. The fourth-order valence-corrected chi connectivity index (χ4v) is 4.84. The Balaban J connectivity index is 1.27. The van der Waals surface area contributed by atoms with Crippen LogP contribution >= 0.6 is 11.3 Å². The van der Waals surface area contributed by atoms with Crippen LogP contribution in [0.5, 0.6) is 0 Å². The van der Waals surface area contributed by atoms with E-state index in [1.807, 2.05) is 35.7 Å². The third-order valence-electron chi connectivity index (χ3n) is 6.09. The number of rotatable bonds is 12. The van der Waals surface area contributed by atoms with E-state index in [9.17, 15) is 9.59 Å². The van der Waals surface area contributed by atoms with Gasteiger partial charge in [0.25, 0.3) is 0 Å². The normalized spacial score (nSPS) is 14.1. The average Bonchev–Trinajstić information content (AvgIpc) is 3.64. The maximum absolute atomic E-state index is 13.0. The number of hydrogen-bond acceptors (Lipinski definition) is 7. The third kappa shape index (κ3) is 7.14. The van der Waals surface area contributed by atoms with Crippen molar-refractivity contribution in [2.24, 2.45) is 0 Å². The summed E-state index contributed by atoms with van der Waals surface area (Å²) in [5, 5.41) is 11.9. The lowest BCUT2D eigenvalue weighted by Gasteiger charge is -2.20. The van der Waals surface area contributed by atoms with Crippen LogP contribution in [-0.4, -0.2) is 41.1 Å². The fourth-order valence-electron chi connectivity index (χ4n) is 4.19. The van der Waals surface area contributed by atoms with E-state index in [0.717, 1.165) is 42.2 Å². The Morgan fingerprint density at radius 1 is 1.17 bits per heavy atom. The molecule has 9 heteroatoms. The van der Waals surface area contributed by atoms with Crippen molar-refractivity contribution in [1.29, 1.82) is 0 Å². The van der Waals surface area contributed by atoms with Crippen molar-refractivity contribution >= 4 is 34.5 Å². The lowest BCUT2D eigenvalue weighted by atomic mass is 10.1. The maximum atomic E-state index is 13.0. The quantitative estimate of drug-likeness (QED) is 0.365. The highest BCUT2D eigenvalue weighted by molar-refractivity contribution is 7.13. The molecule has 1 fully saturated rings. The number of thiophene rings is 1. The summed E-state index contributed by atoms with van der Waals surface area (Å²) in [5.74, 6) is 0.761. The summed E-state index contributed by atoms with van der Waals surface area (Å²) in [7, 11) is 0. The Morgan fingerprint density at radius 2 is 2.03 bits per heavy atom. The minimum Gasteiger partial charge on any atom is -0.371 e. The molecular weight excluding hydrogens is 462 g/mol. The number of nitrogens with one attached hydrogen (secondary N) is 2. The Hall–Kier alpha value is -3.20. The second-order valence-electron chi connectivity index (χ2n) is 8.84. The van der Waals surface area contributed by atoms with E-state index >= 15 is 0 Å². The molecular formula is C26H33N5O3S. The molecule has 0 aliphatic carbocycles. The molecule has 3 heterocycles. The van der Waals surface area contributed by atoms with Gasteiger partial charge in [-0.1, -0.05) is 37.1 Å². The molecule has 3 aromatic rings. The van der Waals surface area contributed by atoms with Crippen LogP contribution in [-0.2, 0) is 16.0 Å². The first-order chi connectivity index (χ1) is 17.1. The number of benzene rings is 1. The van der Waals surface area contributed by atoms with Crippen molar-refractivity contribution in [1.82, 2.24) is 15.5 Å². The van der Waals surface area contributed by atoms with E-state index in [4.69, 9.17) is 4.52 Å². The molecule has 1 atom stereocenters. The predicted octanol–water partition coefficient (Wildman–Crippen LogP) is 5.03. The summed E-state index contributed by atoms with van der Waals surface area (Å²) in [4.78, 5) is 33.3. The SMILES string of the molecule is CCCCC(NC(=O)CCCc1nc(-c2cccs2)no1)C(=O)Nc1cccc(N2CCCC2)c1. The smallest absolute Gasteiger partial charge is 0.246 e. The Bertz CT molecular complexity index is 1090. The van der Waals surface area contributed by atoms with Gasteiger partial charge in [-0.2, -0.15) is 4.98 Å². The van der Waals surface area contributed by atoms with Crippen LogP contribution in [0.15, 0.2) is 46.3 Å². The minimum atomic E-state index is -0.563. The molecule has 0 saturated carbocycles. The fraction of sp³-hybridized carbons (Fsp3) is 0.462. The molecule has 1 aromatic carbocycles. The van der Waals surface area contributed by atoms with Crippen molar-refractivity contribution < 1.29 is 14.1 Å². The highest BCUT2D eigenvalue weighted by atomic mass is 32.1. The third-order valence-corrected chi connectivity index (χ3v) is 6.95. The molecule has 35 heavy (non-hydrogen) atoms. The second-order valence-corrected chi connectivity index (χ2v) is 9.79. The van der Waals surface area contributed by atoms with Crippen molar-refractivity contribution in [3.05, 3.63) is 47.7 Å². The molecule has 1 aliphatic heterocycles. The Kier molecular flexibility index (Phi) is 8.89. The number of amides is 2. The lowest BCUT2D eigenvalue weighted by Crippen LogP contribution is -2.43. The molecule has 2 amide bonds. The van der Waals surface area contributed by atoms with E-state index in [1.54, 1.807) is 11.3 Å². The number of anilines is 2. The summed E-state index contributed by atoms with van der Waals surface area (Å²) in [6.07, 6.45) is 6.19. The van der Waals surface area contributed by atoms with Gasteiger partial charge in [-0.3, -0.25) is 9.59 Å². The molecule has 2 N–H and O–H groups in total. The van der Waals surface area contributed by atoms with Crippen molar-refractivity contribution in [3.8, 4) is 10.7 Å². The van der Waals surface area contributed by atoms with Gasteiger partial charge in [0.1, 0.15) is 6.04 Å². The highest BCUT2D eigenvalue weighted by Crippen LogP contribution is 2.24. The van der Waals surface area contributed by atoms with Gasteiger partial charge in [-0.05, 0) is 55.3 Å². The predicted molar refractivity (Wildman–Crippen MR) is 139 cm³/mol. The standard InChI is InChI=1S/C26H33N5O3S/c1-2-3-11-21(26(33)27-19-9-6-10-20(18-19)31-15-4-5-16-31)28-23(32)13-7-14-24-29-25(30-34-24)22-12-8-17-35-22/h6,8-10,12,17-18,21H,2-5,7,11,13-16H2,1H3,(H,27,33)(H,28,32). The van der Waals surface area contributed by atoms with E-state index in [1.165, 1.54) is 12.8 Å². The number of hydrogen-bond donors (Lipinski definition) is 2. The van der Waals surface area contributed by atoms with Gasteiger partial charge in [-0.15, -0.1) is 11.3 Å². The zero-order chi connectivity index (χ0) is 24.5. The van der Waals surface area contributed by atoms with E-state index in [2.05, 4.69) is 38.7 Å². The van der Waals surface area contributed by atoms with Crippen LogP contribution < -0.4 is 15.5 Å². The van der Waals surface area contributed by atoms with Crippen LogP contribution in [0.4, 0.5) is 11.4 Å². The minimum absolute atomic E-state index is 0.148. The van der Waals surface area contributed by atoms with Crippen LogP contribution in [0.1, 0.15) is 57.8 Å². The molecule has 186 valence electrons. The molecule has 1 unspecified atom stereocenters. The Labute approximate surface area is 210 Å². The number of unbranched alkanes of at least 4 members (excludes halogenated alkanes) is 1. The lowest BCUT2D eigenvalue weighted by molar-refractivity contribution is -0.126. The molecule has 0 bridgehead atoms. The summed E-state index contributed by atoms with van der Waals surface area (Å²) in [6.45, 7) is 4.17. The summed E-state index contributed by atoms with van der Waals surface area (Å²) in [5.41, 5.74) is 1.88. The molecule has 0 spiro atoms. The summed E-state index contributed by atoms with van der Waals surface area (Å²) in [6, 6.07) is 11.3.